The largest absolute Gasteiger partial charge is 0.491 e. The van der Waals surface area contributed by atoms with Crippen LogP contribution in [-0.2, 0) is 4.74 Å². The second kappa shape index (κ2) is 12.0. The molecule has 1 fully saturated rings. The molecule has 0 saturated carbocycles. The first-order valence-electron chi connectivity index (χ1n) is 10.7. The molecule has 1 aromatic rings. The summed E-state index contributed by atoms with van der Waals surface area (Å²) < 4.78 is 11.3. The lowest BCUT2D eigenvalue weighted by Gasteiger charge is -2.33. The number of guanidine groups is 1. The van der Waals surface area contributed by atoms with Gasteiger partial charge in [0.25, 0.3) is 0 Å². The number of para-hydroxylation sites is 1. The van der Waals surface area contributed by atoms with Crippen molar-refractivity contribution in [1.82, 2.24) is 15.5 Å². The second-order valence-electron chi connectivity index (χ2n) is 8.05. The van der Waals surface area contributed by atoms with Crippen molar-refractivity contribution in [3.63, 3.8) is 0 Å². The summed E-state index contributed by atoms with van der Waals surface area (Å²) in [4.78, 5) is 6.79. The van der Waals surface area contributed by atoms with Gasteiger partial charge in [-0.1, -0.05) is 32.0 Å². The van der Waals surface area contributed by atoms with Crippen molar-refractivity contribution in [3.8, 4) is 5.75 Å². The molecule has 2 rings (SSSR count). The summed E-state index contributed by atoms with van der Waals surface area (Å²) in [6, 6.07) is 8.16. The lowest BCUT2D eigenvalue weighted by Crippen LogP contribution is -2.48. The Kier molecular flexibility index (Phi) is 9.70. The van der Waals surface area contributed by atoms with Crippen molar-refractivity contribution in [1.29, 1.82) is 0 Å². The second-order valence-corrected chi connectivity index (χ2v) is 8.05. The van der Waals surface area contributed by atoms with Crippen LogP contribution in [0.3, 0.4) is 0 Å². The zero-order valence-corrected chi connectivity index (χ0v) is 18.4. The Bertz CT molecular complexity index is 628. The molecule has 164 valence electrons. The molecule has 1 aliphatic heterocycles. The van der Waals surface area contributed by atoms with E-state index in [0.717, 1.165) is 38.6 Å². The number of morpholine rings is 1. The van der Waals surface area contributed by atoms with Gasteiger partial charge < -0.3 is 25.2 Å². The van der Waals surface area contributed by atoms with E-state index in [4.69, 9.17) is 9.47 Å². The molecule has 0 aromatic heterocycles. The maximum Gasteiger partial charge on any atom is 0.191 e. The fourth-order valence-corrected chi connectivity index (χ4v) is 3.30. The Morgan fingerprint density at radius 3 is 2.69 bits per heavy atom. The summed E-state index contributed by atoms with van der Waals surface area (Å²) in [5.41, 5.74) is 0.332. The molecule has 0 radical (unpaired) electrons. The number of nitrogens with one attached hydrogen (secondary N) is 2. The summed E-state index contributed by atoms with van der Waals surface area (Å²) in [7, 11) is 0. The third-order valence-corrected chi connectivity index (χ3v) is 4.78. The zero-order chi connectivity index (χ0) is 21.1. The molecule has 0 amide bonds. The van der Waals surface area contributed by atoms with Crippen LogP contribution in [0.25, 0.3) is 0 Å². The minimum absolute atomic E-state index is 0.330. The van der Waals surface area contributed by atoms with Gasteiger partial charge in [-0.2, -0.15) is 0 Å². The van der Waals surface area contributed by atoms with E-state index in [-0.39, 0.29) is 0 Å². The number of aliphatic imine (C=N–C) groups is 1. The van der Waals surface area contributed by atoms with Gasteiger partial charge in [-0.05, 0) is 31.4 Å². The molecule has 1 aromatic carbocycles. The summed E-state index contributed by atoms with van der Waals surface area (Å²) in [5, 5.41) is 17.2. The SMILES string of the molecule is CCNC(=NCC(C)(O)CN1CCOCC1)NCCOc1ccccc1C(C)C. The van der Waals surface area contributed by atoms with Gasteiger partial charge in [0.1, 0.15) is 12.4 Å². The molecule has 1 atom stereocenters. The van der Waals surface area contributed by atoms with Crippen LogP contribution in [-0.4, -0.2) is 80.7 Å². The van der Waals surface area contributed by atoms with E-state index >= 15 is 0 Å². The van der Waals surface area contributed by atoms with Gasteiger partial charge in [0, 0.05) is 26.2 Å². The standard InChI is InChI=1S/C22H38N4O3/c1-5-23-21(25-16-22(4,27)17-26-11-14-28-15-12-26)24-10-13-29-20-9-7-6-8-19(20)18(2)3/h6-9,18,27H,5,10-17H2,1-4H3,(H2,23,24,25). The number of ether oxygens (including phenoxy) is 2. The van der Waals surface area contributed by atoms with E-state index in [0.29, 0.717) is 38.1 Å². The molecule has 1 heterocycles. The van der Waals surface area contributed by atoms with Gasteiger partial charge in [-0.3, -0.25) is 9.89 Å². The van der Waals surface area contributed by atoms with Gasteiger partial charge in [0.15, 0.2) is 5.96 Å². The minimum atomic E-state index is -0.883. The fraction of sp³-hybridized carbons (Fsp3) is 0.682. The molecule has 1 aliphatic rings. The Morgan fingerprint density at radius 1 is 1.28 bits per heavy atom. The molecule has 7 heteroatoms. The highest BCUT2D eigenvalue weighted by atomic mass is 16.5. The van der Waals surface area contributed by atoms with Crippen molar-refractivity contribution in [2.45, 2.75) is 39.2 Å². The maximum absolute atomic E-state index is 10.7. The van der Waals surface area contributed by atoms with Crippen molar-refractivity contribution in [2.24, 2.45) is 4.99 Å². The predicted molar refractivity (Wildman–Crippen MR) is 118 cm³/mol. The van der Waals surface area contributed by atoms with Gasteiger partial charge in [0.05, 0.1) is 31.9 Å². The van der Waals surface area contributed by atoms with Gasteiger partial charge in [0.2, 0.25) is 0 Å². The van der Waals surface area contributed by atoms with E-state index in [9.17, 15) is 5.11 Å². The van der Waals surface area contributed by atoms with E-state index in [2.05, 4.69) is 40.4 Å². The normalized spacial score (nSPS) is 17.8. The van der Waals surface area contributed by atoms with Crippen LogP contribution >= 0.6 is 0 Å². The Hall–Kier alpha value is -1.83. The molecular weight excluding hydrogens is 368 g/mol. The first-order chi connectivity index (χ1) is 13.9. The van der Waals surface area contributed by atoms with Crippen molar-refractivity contribution >= 4 is 5.96 Å². The molecule has 7 nitrogen and oxygen atoms in total. The van der Waals surface area contributed by atoms with Crippen LogP contribution in [0.4, 0.5) is 0 Å². The van der Waals surface area contributed by atoms with E-state index in [1.165, 1.54) is 5.56 Å². The lowest BCUT2D eigenvalue weighted by atomic mass is 10.0. The van der Waals surface area contributed by atoms with Crippen molar-refractivity contribution in [3.05, 3.63) is 29.8 Å². The number of hydrogen-bond acceptors (Lipinski definition) is 5. The first-order valence-corrected chi connectivity index (χ1v) is 10.7. The average Bonchev–Trinajstić information content (AvgIpc) is 2.70. The summed E-state index contributed by atoms with van der Waals surface area (Å²) in [6.45, 7) is 14.2. The highest BCUT2D eigenvalue weighted by Crippen LogP contribution is 2.25. The van der Waals surface area contributed by atoms with Crippen LogP contribution in [0, 0.1) is 0 Å². The maximum atomic E-state index is 10.7. The quantitative estimate of drug-likeness (QED) is 0.313. The first kappa shape index (κ1) is 23.4. The van der Waals surface area contributed by atoms with E-state index in [1.807, 2.05) is 32.0 Å². The molecule has 1 unspecified atom stereocenters. The average molecular weight is 407 g/mol. The number of benzene rings is 1. The van der Waals surface area contributed by atoms with Crippen LogP contribution in [0.5, 0.6) is 5.75 Å². The van der Waals surface area contributed by atoms with Gasteiger partial charge in [-0.25, -0.2) is 0 Å². The predicted octanol–water partition coefficient (Wildman–Crippen LogP) is 1.83. The third kappa shape index (κ3) is 8.60. The molecule has 0 bridgehead atoms. The third-order valence-electron chi connectivity index (χ3n) is 4.78. The monoisotopic (exact) mass is 406 g/mol. The zero-order valence-electron chi connectivity index (χ0n) is 18.4. The molecule has 0 spiro atoms. The summed E-state index contributed by atoms with van der Waals surface area (Å²) >= 11 is 0. The number of hydrogen-bond donors (Lipinski definition) is 3. The summed E-state index contributed by atoms with van der Waals surface area (Å²) in [6.07, 6.45) is 0. The molecule has 29 heavy (non-hydrogen) atoms. The van der Waals surface area contributed by atoms with Gasteiger partial charge >= 0.3 is 0 Å². The van der Waals surface area contributed by atoms with Crippen LogP contribution in [0.1, 0.15) is 39.2 Å². The topological polar surface area (TPSA) is 78.4 Å². The molecular formula is C22H38N4O3. The lowest BCUT2D eigenvalue weighted by molar-refractivity contribution is -0.0179. The Labute approximate surface area is 175 Å². The minimum Gasteiger partial charge on any atom is -0.491 e. The van der Waals surface area contributed by atoms with E-state index in [1.54, 1.807) is 0 Å². The van der Waals surface area contributed by atoms with Crippen LogP contribution in [0.2, 0.25) is 0 Å². The number of β-amino-alcohol motifs (C(OH)–C–C–N with tert-alkyl or cyclic N) is 1. The highest BCUT2D eigenvalue weighted by Gasteiger charge is 2.25. The molecule has 0 aliphatic carbocycles. The van der Waals surface area contributed by atoms with E-state index < -0.39 is 5.60 Å². The highest BCUT2D eigenvalue weighted by molar-refractivity contribution is 5.79. The Balaban J connectivity index is 1.81. The molecule has 3 N–H and O–H groups in total. The number of nitrogens with zero attached hydrogens (tertiary/aromatic N) is 2. The summed E-state index contributed by atoms with van der Waals surface area (Å²) in [5.74, 6) is 2.04. The smallest absolute Gasteiger partial charge is 0.191 e. The van der Waals surface area contributed by atoms with Gasteiger partial charge in [-0.15, -0.1) is 0 Å². The van der Waals surface area contributed by atoms with Crippen LogP contribution in [0.15, 0.2) is 29.3 Å². The van der Waals surface area contributed by atoms with Crippen molar-refractivity contribution in [2.75, 3.05) is 59.1 Å². The van der Waals surface area contributed by atoms with Crippen molar-refractivity contribution < 1.29 is 14.6 Å². The Morgan fingerprint density at radius 2 is 2.00 bits per heavy atom. The number of rotatable bonds is 10. The van der Waals surface area contributed by atoms with Crippen LogP contribution < -0.4 is 15.4 Å². The molecule has 1 saturated heterocycles. The fourth-order valence-electron chi connectivity index (χ4n) is 3.30. The number of aliphatic hydroxyl groups is 1.